The summed E-state index contributed by atoms with van der Waals surface area (Å²) in [4.78, 5) is 0. The van der Waals surface area contributed by atoms with Gasteiger partial charge in [-0.2, -0.15) is 5.10 Å². The molecule has 0 bridgehead atoms. The summed E-state index contributed by atoms with van der Waals surface area (Å²) in [7, 11) is 1.90. The predicted octanol–water partition coefficient (Wildman–Crippen LogP) is 3.04. The summed E-state index contributed by atoms with van der Waals surface area (Å²) >= 11 is 3.55. The van der Waals surface area contributed by atoms with Gasteiger partial charge in [-0.05, 0) is 46.5 Å². The van der Waals surface area contributed by atoms with Gasteiger partial charge >= 0.3 is 0 Å². The summed E-state index contributed by atoms with van der Waals surface area (Å²) < 4.78 is 8.66. The largest absolute Gasteiger partial charge is 0.486 e. The summed E-state index contributed by atoms with van der Waals surface area (Å²) in [6.07, 6.45) is 3.67. The van der Waals surface area contributed by atoms with Crippen LogP contribution in [0.4, 0.5) is 0 Å². The highest BCUT2D eigenvalue weighted by Gasteiger charge is 2.11. The number of rotatable bonds is 6. The number of benzene rings is 1. The van der Waals surface area contributed by atoms with Crippen LogP contribution in [0, 0.1) is 0 Å². The van der Waals surface area contributed by atoms with Crippen molar-refractivity contribution in [1.29, 1.82) is 0 Å². The molecule has 1 atom stereocenters. The molecule has 5 heteroatoms. The van der Waals surface area contributed by atoms with Gasteiger partial charge in [-0.3, -0.25) is 4.68 Å². The third-order valence-electron chi connectivity index (χ3n) is 3.19. The van der Waals surface area contributed by atoms with E-state index in [-0.39, 0.29) is 6.04 Å². The molecule has 1 unspecified atom stereocenters. The normalized spacial score (nSPS) is 12.4. The third-order valence-corrected chi connectivity index (χ3v) is 3.81. The lowest BCUT2D eigenvalue weighted by Gasteiger charge is -2.15. The summed E-state index contributed by atoms with van der Waals surface area (Å²) in [5.41, 5.74) is 8.09. The van der Waals surface area contributed by atoms with Crippen molar-refractivity contribution in [2.24, 2.45) is 12.8 Å². The second kappa shape index (κ2) is 6.90. The van der Waals surface area contributed by atoms with E-state index in [1.165, 1.54) is 0 Å². The van der Waals surface area contributed by atoms with Gasteiger partial charge in [0.25, 0.3) is 0 Å². The SMILES string of the molecule is CCC(N)Cc1cccc(Br)c1OCc1ccn(C)n1. The van der Waals surface area contributed by atoms with Gasteiger partial charge in [0.1, 0.15) is 12.4 Å². The van der Waals surface area contributed by atoms with E-state index in [9.17, 15) is 0 Å². The maximum absolute atomic E-state index is 6.05. The molecule has 0 saturated carbocycles. The first-order valence-electron chi connectivity index (χ1n) is 6.74. The second-order valence-electron chi connectivity index (χ2n) is 4.87. The van der Waals surface area contributed by atoms with Crippen molar-refractivity contribution in [2.45, 2.75) is 32.4 Å². The van der Waals surface area contributed by atoms with Crippen molar-refractivity contribution in [2.75, 3.05) is 0 Å². The molecule has 20 heavy (non-hydrogen) atoms. The molecule has 1 aromatic carbocycles. The molecule has 4 nitrogen and oxygen atoms in total. The Morgan fingerprint density at radius 2 is 2.20 bits per heavy atom. The summed E-state index contributed by atoms with van der Waals surface area (Å²) in [6.45, 7) is 2.55. The van der Waals surface area contributed by atoms with Crippen molar-refractivity contribution in [3.8, 4) is 5.75 Å². The van der Waals surface area contributed by atoms with Crippen LogP contribution >= 0.6 is 15.9 Å². The Balaban J connectivity index is 2.12. The van der Waals surface area contributed by atoms with Gasteiger partial charge in [-0.15, -0.1) is 0 Å². The molecule has 1 aromatic heterocycles. The quantitative estimate of drug-likeness (QED) is 0.881. The van der Waals surface area contributed by atoms with Crippen molar-refractivity contribution >= 4 is 15.9 Å². The molecule has 108 valence electrons. The van der Waals surface area contributed by atoms with Crippen LogP contribution in [0.1, 0.15) is 24.6 Å². The van der Waals surface area contributed by atoms with Gasteiger partial charge < -0.3 is 10.5 Å². The lowest BCUT2D eigenvalue weighted by Crippen LogP contribution is -2.21. The molecule has 0 amide bonds. The number of halogens is 1. The highest BCUT2D eigenvalue weighted by molar-refractivity contribution is 9.10. The minimum atomic E-state index is 0.154. The first-order valence-corrected chi connectivity index (χ1v) is 7.53. The Kier molecular flexibility index (Phi) is 5.20. The Bertz CT molecular complexity index is 568. The zero-order valence-electron chi connectivity index (χ0n) is 11.8. The molecule has 0 aliphatic carbocycles. The van der Waals surface area contributed by atoms with Crippen LogP contribution < -0.4 is 10.5 Å². The van der Waals surface area contributed by atoms with E-state index >= 15 is 0 Å². The Morgan fingerprint density at radius 1 is 1.40 bits per heavy atom. The number of aromatic nitrogens is 2. The van der Waals surface area contributed by atoms with Crippen molar-refractivity contribution in [3.63, 3.8) is 0 Å². The molecule has 0 spiro atoms. The molecule has 2 rings (SSSR count). The van der Waals surface area contributed by atoms with Crippen molar-refractivity contribution in [3.05, 3.63) is 46.2 Å². The topological polar surface area (TPSA) is 53.1 Å². The fourth-order valence-electron chi connectivity index (χ4n) is 1.99. The molecule has 1 heterocycles. The number of aryl methyl sites for hydroxylation is 1. The van der Waals surface area contributed by atoms with Gasteiger partial charge in [0.2, 0.25) is 0 Å². The number of para-hydroxylation sites is 1. The smallest absolute Gasteiger partial charge is 0.137 e. The van der Waals surface area contributed by atoms with E-state index in [4.69, 9.17) is 10.5 Å². The molecule has 0 radical (unpaired) electrons. The first kappa shape index (κ1) is 15.1. The van der Waals surface area contributed by atoms with E-state index < -0.39 is 0 Å². The molecule has 2 aromatic rings. The van der Waals surface area contributed by atoms with Crippen LogP contribution in [0.25, 0.3) is 0 Å². The van der Waals surface area contributed by atoms with Crippen LogP contribution in [0.3, 0.4) is 0 Å². The zero-order chi connectivity index (χ0) is 14.5. The van der Waals surface area contributed by atoms with E-state index in [0.717, 1.165) is 34.3 Å². The number of nitrogens with zero attached hydrogens (tertiary/aromatic N) is 2. The number of nitrogens with two attached hydrogens (primary N) is 1. The van der Waals surface area contributed by atoms with Crippen LogP contribution in [0.5, 0.6) is 5.75 Å². The van der Waals surface area contributed by atoms with Gasteiger partial charge in [0.15, 0.2) is 0 Å². The average molecular weight is 338 g/mol. The van der Waals surface area contributed by atoms with Gasteiger partial charge in [0, 0.05) is 19.3 Å². The summed E-state index contributed by atoms with van der Waals surface area (Å²) in [6, 6.07) is 8.16. The number of ether oxygens (including phenoxy) is 1. The predicted molar refractivity (Wildman–Crippen MR) is 83.7 cm³/mol. The first-order chi connectivity index (χ1) is 9.60. The molecule has 2 N–H and O–H groups in total. The lowest BCUT2D eigenvalue weighted by molar-refractivity contribution is 0.294. The molecular formula is C15H20BrN3O. The molecule has 0 aliphatic rings. The molecule has 0 fully saturated rings. The molecule has 0 aliphatic heterocycles. The fraction of sp³-hybridized carbons (Fsp3) is 0.400. The van der Waals surface area contributed by atoms with E-state index in [1.54, 1.807) is 4.68 Å². The Labute approximate surface area is 128 Å². The van der Waals surface area contributed by atoms with E-state index in [0.29, 0.717) is 6.61 Å². The maximum Gasteiger partial charge on any atom is 0.137 e. The van der Waals surface area contributed by atoms with Crippen molar-refractivity contribution in [1.82, 2.24) is 9.78 Å². The Morgan fingerprint density at radius 3 is 2.85 bits per heavy atom. The van der Waals surface area contributed by atoms with Crippen LogP contribution in [0.2, 0.25) is 0 Å². The lowest BCUT2D eigenvalue weighted by atomic mass is 10.0. The van der Waals surface area contributed by atoms with Gasteiger partial charge in [0.05, 0.1) is 10.2 Å². The minimum Gasteiger partial charge on any atom is -0.486 e. The summed E-state index contributed by atoms with van der Waals surface area (Å²) in [5, 5.41) is 4.31. The Hall–Kier alpha value is -1.33. The van der Waals surface area contributed by atoms with Crippen LogP contribution in [0.15, 0.2) is 34.9 Å². The monoisotopic (exact) mass is 337 g/mol. The zero-order valence-corrected chi connectivity index (χ0v) is 13.4. The van der Waals surface area contributed by atoms with Gasteiger partial charge in [-0.1, -0.05) is 19.1 Å². The average Bonchev–Trinajstić information content (AvgIpc) is 2.83. The number of hydrogen-bond donors (Lipinski definition) is 1. The fourth-order valence-corrected chi connectivity index (χ4v) is 2.51. The minimum absolute atomic E-state index is 0.154. The maximum atomic E-state index is 6.05. The highest BCUT2D eigenvalue weighted by atomic mass is 79.9. The van der Waals surface area contributed by atoms with Gasteiger partial charge in [-0.25, -0.2) is 0 Å². The number of hydrogen-bond acceptors (Lipinski definition) is 3. The molecular weight excluding hydrogens is 318 g/mol. The summed E-state index contributed by atoms with van der Waals surface area (Å²) in [5.74, 6) is 0.863. The third kappa shape index (κ3) is 3.84. The van der Waals surface area contributed by atoms with Crippen molar-refractivity contribution < 1.29 is 4.74 Å². The molecule has 0 saturated heterocycles. The van der Waals surface area contributed by atoms with Crippen LogP contribution in [-0.2, 0) is 20.1 Å². The second-order valence-corrected chi connectivity index (χ2v) is 5.72. The standard InChI is InChI=1S/C15H20BrN3O/c1-3-12(17)9-11-5-4-6-14(16)15(11)20-10-13-7-8-19(2)18-13/h4-8,12H,3,9-10,17H2,1-2H3. The highest BCUT2D eigenvalue weighted by Crippen LogP contribution is 2.30. The van der Waals surface area contributed by atoms with Crippen LogP contribution in [-0.4, -0.2) is 15.8 Å². The van der Waals surface area contributed by atoms with E-state index in [2.05, 4.69) is 34.0 Å². The van der Waals surface area contributed by atoms with E-state index in [1.807, 2.05) is 31.4 Å².